The summed E-state index contributed by atoms with van der Waals surface area (Å²) in [6.07, 6.45) is 13.2. The SMILES string of the molecule is CO/N=C(\C(=O)OCCCCCCCCCCCC[P+](c1ccccc1)(c1ccccc1)c1ccccc1)c1ccccc1C.[Br-]. The molecule has 0 saturated heterocycles. The lowest BCUT2D eigenvalue weighted by atomic mass is 10.0. The van der Waals surface area contributed by atoms with Crippen molar-refractivity contribution in [2.45, 2.75) is 71.1 Å². The number of esters is 1. The van der Waals surface area contributed by atoms with Gasteiger partial charge < -0.3 is 26.6 Å². The number of hydrogen-bond acceptors (Lipinski definition) is 4. The molecule has 0 fully saturated rings. The zero-order chi connectivity index (χ0) is 31.6. The average molecular weight is 703 g/mol. The van der Waals surface area contributed by atoms with Crippen LogP contribution < -0.4 is 32.9 Å². The Labute approximate surface area is 287 Å². The van der Waals surface area contributed by atoms with E-state index in [2.05, 4.69) is 96.2 Å². The number of rotatable bonds is 19. The van der Waals surface area contributed by atoms with Gasteiger partial charge in [0.05, 0.1) is 12.8 Å². The third-order valence-electron chi connectivity index (χ3n) is 8.49. The van der Waals surface area contributed by atoms with Crippen LogP contribution in [0.2, 0.25) is 0 Å². The van der Waals surface area contributed by atoms with Gasteiger partial charge in [0, 0.05) is 5.56 Å². The first-order valence-corrected chi connectivity index (χ1v) is 18.5. The number of unbranched alkanes of at least 4 members (excludes halogenated alkanes) is 9. The van der Waals surface area contributed by atoms with Gasteiger partial charge in [0.25, 0.3) is 0 Å². The van der Waals surface area contributed by atoms with Crippen LogP contribution in [0.15, 0.2) is 120 Å². The zero-order valence-electron chi connectivity index (χ0n) is 27.5. The van der Waals surface area contributed by atoms with Gasteiger partial charge in [-0.3, -0.25) is 0 Å². The molecule has 0 saturated carbocycles. The highest BCUT2D eigenvalue weighted by Gasteiger charge is 2.44. The van der Waals surface area contributed by atoms with Crippen molar-refractivity contribution in [2.75, 3.05) is 19.9 Å². The second kappa shape index (κ2) is 20.8. The molecule has 0 unspecified atom stereocenters. The van der Waals surface area contributed by atoms with Gasteiger partial charge in [0.1, 0.15) is 30.3 Å². The number of nitrogens with zero attached hydrogens (tertiary/aromatic N) is 1. The molecule has 0 aliphatic carbocycles. The maximum absolute atomic E-state index is 12.6. The number of carbonyl (C=O) groups is 1. The molecule has 0 aliphatic heterocycles. The van der Waals surface area contributed by atoms with Crippen LogP contribution in [0.1, 0.15) is 75.3 Å². The fourth-order valence-corrected chi connectivity index (χ4v) is 10.5. The van der Waals surface area contributed by atoms with Gasteiger partial charge in [0.15, 0.2) is 5.71 Å². The van der Waals surface area contributed by atoms with Crippen molar-refractivity contribution in [2.24, 2.45) is 5.16 Å². The molecular weight excluding hydrogens is 653 g/mol. The molecule has 0 atom stereocenters. The average Bonchev–Trinajstić information content (AvgIpc) is 3.09. The number of halogens is 1. The van der Waals surface area contributed by atoms with E-state index in [0.717, 1.165) is 24.0 Å². The summed E-state index contributed by atoms with van der Waals surface area (Å²) in [5.41, 5.74) is 1.93. The van der Waals surface area contributed by atoms with Crippen molar-refractivity contribution in [1.29, 1.82) is 0 Å². The molecule has 4 nitrogen and oxygen atoms in total. The Morgan fingerprint density at radius 2 is 1.00 bits per heavy atom. The van der Waals surface area contributed by atoms with Gasteiger partial charge >= 0.3 is 5.97 Å². The van der Waals surface area contributed by atoms with Crippen LogP contribution in [0.5, 0.6) is 0 Å². The van der Waals surface area contributed by atoms with Crippen LogP contribution in [0.25, 0.3) is 0 Å². The second-order valence-corrected chi connectivity index (χ2v) is 15.3. The molecule has 0 aliphatic rings. The molecule has 4 aromatic carbocycles. The monoisotopic (exact) mass is 701 g/mol. The number of ether oxygens (including phenoxy) is 1. The third-order valence-corrected chi connectivity index (χ3v) is 13.0. The minimum atomic E-state index is -1.71. The fourth-order valence-electron chi connectivity index (χ4n) is 6.11. The van der Waals surface area contributed by atoms with Crippen molar-refractivity contribution in [3.05, 3.63) is 126 Å². The normalized spacial score (nSPS) is 11.5. The lowest BCUT2D eigenvalue weighted by Crippen LogP contribution is -3.00. The third kappa shape index (κ3) is 10.6. The van der Waals surface area contributed by atoms with Gasteiger partial charge in [-0.2, -0.15) is 0 Å². The van der Waals surface area contributed by atoms with Crippen LogP contribution in [0, 0.1) is 6.92 Å². The smallest absolute Gasteiger partial charge is 0.361 e. The van der Waals surface area contributed by atoms with E-state index in [-0.39, 0.29) is 22.7 Å². The van der Waals surface area contributed by atoms with E-state index in [0.29, 0.717) is 6.61 Å². The fraction of sp³-hybridized carbons (Fsp3) is 0.350. The van der Waals surface area contributed by atoms with Crippen molar-refractivity contribution in [3.63, 3.8) is 0 Å². The van der Waals surface area contributed by atoms with E-state index in [1.807, 2.05) is 31.2 Å². The summed E-state index contributed by atoms with van der Waals surface area (Å²) in [6, 6.07) is 41.3. The first-order chi connectivity index (χ1) is 22.2. The minimum Gasteiger partial charge on any atom is -1.00 e. The molecule has 46 heavy (non-hydrogen) atoms. The van der Waals surface area contributed by atoms with Crippen LogP contribution in [-0.2, 0) is 14.4 Å². The van der Waals surface area contributed by atoms with Crippen molar-refractivity contribution >= 4 is 34.9 Å². The summed E-state index contributed by atoms with van der Waals surface area (Å²) >= 11 is 0. The molecular formula is C40H49BrNO3P. The van der Waals surface area contributed by atoms with Crippen molar-refractivity contribution < 1.29 is 31.4 Å². The largest absolute Gasteiger partial charge is 1.00 e. The summed E-state index contributed by atoms with van der Waals surface area (Å²) in [5.74, 6) is -0.429. The molecule has 4 rings (SSSR count). The van der Waals surface area contributed by atoms with Gasteiger partial charge in [-0.05, 0) is 68.1 Å². The summed E-state index contributed by atoms with van der Waals surface area (Å²) in [5, 5.41) is 8.36. The second-order valence-electron chi connectivity index (χ2n) is 11.6. The molecule has 6 heteroatoms. The Hall–Kier alpha value is -3.27. The maximum Gasteiger partial charge on any atom is 0.361 e. The number of oxime groups is 1. The Balaban J connectivity index is 0.00000576. The number of carbonyl (C=O) groups excluding carboxylic acids is 1. The lowest BCUT2D eigenvalue weighted by molar-refractivity contribution is -0.135. The zero-order valence-corrected chi connectivity index (χ0v) is 29.9. The molecule has 0 amide bonds. The van der Waals surface area contributed by atoms with Crippen LogP contribution in [0.3, 0.4) is 0 Å². The molecule has 244 valence electrons. The first-order valence-electron chi connectivity index (χ1n) is 16.6. The summed E-state index contributed by atoms with van der Waals surface area (Å²) in [7, 11) is -0.265. The van der Waals surface area contributed by atoms with E-state index in [9.17, 15) is 4.79 Å². The van der Waals surface area contributed by atoms with Gasteiger partial charge in [0.2, 0.25) is 0 Å². The molecule has 0 aromatic heterocycles. The van der Waals surface area contributed by atoms with Crippen LogP contribution in [-0.4, -0.2) is 31.6 Å². The highest BCUT2D eigenvalue weighted by Crippen LogP contribution is 2.56. The minimum absolute atomic E-state index is 0. The number of aryl methyl sites for hydroxylation is 1. The van der Waals surface area contributed by atoms with Gasteiger partial charge in [-0.1, -0.05) is 129 Å². The quantitative estimate of drug-likeness (QED) is 0.0409. The molecule has 4 aromatic rings. The van der Waals surface area contributed by atoms with Crippen LogP contribution >= 0.6 is 7.26 Å². The van der Waals surface area contributed by atoms with E-state index < -0.39 is 13.2 Å². The Morgan fingerprint density at radius 1 is 0.587 bits per heavy atom. The predicted molar refractivity (Wildman–Crippen MR) is 192 cm³/mol. The molecule has 0 N–H and O–H groups in total. The molecule has 0 bridgehead atoms. The predicted octanol–water partition coefficient (Wildman–Crippen LogP) is 5.79. The lowest BCUT2D eigenvalue weighted by Gasteiger charge is -2.27. The van der Waals surface area contributed by atoms with Crippen LogP contribution in [0.4, 0.5) is 0 Å². The van der Waals surface area contributed by atoms with Gasteiger partial charge in [-0.25, -0.2) is 4.79 Å². The maximum atomic E-state index is 12.6. The number of benzene rings is 4. The first kappa shape index (κ1) is 37.2. The molecule has 0 radical (unpaired) electrons. The standard InChI is InChI=1S/C40H49NO3P.BrH/c1-34-24-20-21-31-38(34)39(41-43-2)40(42)44-32-22-9-7-5-3-4-6-8-10-23-33-45(35-25-14-11-15-26-35,36-27-16-12-17-28-36)37-29-18-13-19-30-37;/h11-21,24-31H,3-10,22-23,32-33H2,1-2H3;1H/q+1;/p-1/b41-39-;. The Bertz CT molecular complexity index is 1350. The van der Waals surface area contributed by atoms with Gasteiger partial charge in [-0.15, -0.1) is 0 Å². The van der Waals surface area contributed by atoms with Crippen molar-refractivity contribution in [1.82, 2.24) is 0 Å². The number of hydrogen-bond donors (Lipinski definition) is 0. The summed E-state index contributed by atoms with van der Waals surface area (Å²) < 4.78 is 5.51. The van der Waals surface area contributed by atoms with E-state index >= 15 is 0 Å². The van der Waals surface area contributed by atoms with E-state index in [1.165, 1.54) is 80.6 Å². The van der Waals surface area contributed by atoms with E-state index in [1.54, 1.807) is 0 Å². The summed E-state index contributed by atoms with van der Waals surface area (Å²) in [6.45, 7) is 2.36. The molecule has 0 heterocycles. The molecule has 0 spiro atoms. The Morgan fingerprint density at radius 3 is 1.46 bits per heavy atom. The van der Waals surface area contributed by atoms with Crippen molar-refractivity contribution in [3.8, 4) is 0 Å². The topological polar surface area (TPSA) is 47.9 Å². The summed E-state index contributed by atoms with van der Waals surface area (Å²) in [4.78, 5) is 17.5. The Kier molecular flexibility index (Phi) is 16.8. The highest BCUT2D eigenvalue weighted by atomic mass is 79.9. The van der Waals surface area contributed by atoms with E-state index in [4.69, 9.17) is 9.57 Å². The highest BCUT2D eigenvalue weighted by molar-refractivity contribution is 7.95.